The summed E-state index contributed by atoms with van der Waals surface area (Å²) in [7, 11) is 0. The van der Waals surface area contributed by atoms with Crippen LogP contribution >= 0.6 is 23.2 Å². The van der Waals surface area contributed by atoms with E-state index in [1.165, 1.54) is 0 Å². The molecule has 2 atom stereocenters. The van der Waals surface area contributed by atoms with Gasteiger partial charge in [-0.05, 0) is 67.1 Å². The number of benzene rings is 4. The van der Waals surface area contributed by atoms with Crippen LogP contribution in [-0.4, -0.2) is 201 Å². The molecule has 426 valence electrons. The summed E-state index contributed by atoms with van der Waals surface area (Å²) in [6.45, 7) is 11.6. The fourth-order valence-electron chi connectivity index (χ4n) is 9.27. The van der Waals surface area contributed by atoms with Crippen molar-refractivity contribution in [2.45, 2.75) is 25.0 Å². The van der Waals surface area contributed by atoms with E-state index >= 15 is 0 Å². The molecule has 1 amide bonds. The summed E-state index contributed by atoms with van der Waals surface area (Å²) in [5, 5.41) is 25.9. The molecule has 2 aliphatic rings. The number of guanidine groups is 2. The molecule has 4 heterocycles. The molecule has 0 radical (unpaired) electrons. The highest BCUT2D eigenvalue weighted by Gasteiger charge is 2.29. The molecule has 80 heavy (non-hydrogen) atoms. The number of ketones is 1. The quantitative estimate of drug-likeness (QED) is 0.0211. The number of nitrogens with zero attached hydrogens (tertiary/aromatic N) is 10. The highest BCUT2D eigenvalue weighted by atomic mass is 35.5. The first-order chi connectivity index (χ1) is 38.8. The summed E-state index contributed by atoms with van der Waals surface area (Å²) in [6.07, 6.45) is -3.48. The van der Waals surface area contributed by atoms with Crippen molar-refractivity contribution in [2.24, 2.45) is 32.9 Å². The molecule has 4 aromatic carbocycles. The molecule has 25 heteroatoms. The largest absolute Gasteiger partial charge is 0.382 e. The highest BCUT2D eigenvalue weighted by molar-refractivity contribution is 6.31. The molecule has 0 unspecified atom stereocenters. The van der Waals surface area contributed by atoms with Crippen molar-refractivity contribution in [1.29, 1.82) is 0 Å². The molecule has 2 saturated heterocycles. The topological polar surface area (TPSA) is 317 Å². The third-order valence-electron chi connectivity index (χ3n) is 13.5. The third kappa shape index (κ3) is 17.1. The molecule has 0 saturated carbocycles. The predicted molar refractivity (Wildman–Crippen MR) is 311 cm³/mol. The normalized spacial score (nSPS) is 15.0. The van der Waals surface area contributed by atoms with Crippen LogP contribution in [0.5, 0.6) is 0 Å². The smallest absolute Gasteiger partial charge is 0.253 e. The number of carbonyl (C=O) groups is 2. The average molecular weight is 1140 g/mol. The first kappa shape index (κ1) is 59.2. The second-order valence-corrected chi connectivity index (χ2v) is 20.0. The van der Waals surface area contributed by atoms with Gasteiger partial charge >= 0.3 is 0 Å². The number of nitrogens with two attached hydrogens (primary N) is 4. The number of aliphatic hydroxyl groups excluding tert-OH is 2. The first-order valence-electron chi connectivity index (χ1n) is 26.5. The fourth-order valence-corrected chi connectivity index (χ4v) is 9.61. The molecule has 0 aliphatic carbocycles. The van der Waals surface area contributed by atoms with Crippen LogP contribution in [0.4, 0.5) is 23.3 Å². The summed E-state index contributed by atoms with van der Waals surface area (Å²) >= 11 is 12.6. The van der Waals surface area contributed by atoms with Crippen molar-refractivity contribution in [3.8, 4) is 22.5 Å². The molecule has 8 rings (SSSR count). The van der Waals surface area contributed by atoms with Crippen LogP contribution in [0, 0.1) is 0 Å². The second-order valence-electron chi connectivity index (χ2n) is 19.1. The van der Waals surface area contributed by atoms with E-state index in [0.717, 1.165) is 98.7 Å². The summed E-state index contributed by atoms with van der Waals surface area (Å²) in [5.41, 5.74) is 29.1. The van der Waals surface area contributed by atoms with Gasteiger partial charge in [0.1, 0.15) is 6.10 Å². The first-order valence-corrected chi connectivity index (χ1v) is 27.3. The maximum atomic E-state index is 12.5. The number of Topliss-reactive ketones (excluding diaryl/α,β-unsaturated/α-hetero) is 1. The van der Waals surface area contributed by atoms with Gasteiger partial charge in [-0.2, -0.15) is 9.98 Å². The van der Waals surface area contributed by atoms with E-state index in [0.29, 0.717) is 78.5 Å². The lowest BCUT2D eigenvalue weighted by molar-refractivity contribution is -0.145. The van der Waals surface area contributed by atoms with E-state index in [-0.39, 0.29) is 50.0 Å². The van der Waals surface area contributed by atoms with Crippen molar-refractivity contribution in [2.75, 3.05) is 135 Å². The number of aromatic nitrogens is 4. The Morgan fingerprint density at radius 3 is 1.41 bits per heavy atom. The van der Waals surface area contributed by atoms with E-state index in [1.807, 2.05) is 48.5 Å². The summed E-state index contributed by atoms with van der Waals surface area (Å²) in [4.78, 5) is 60.6. The van der Waals surface area contributed by atoms with Crippen molar-refractivity contribution in [3.63, 3.8) is 0 Å². The standard InChI is InChI=1S/C55H69Cl2N15O8/c56-38-7-13-44-42(34-38)47(65-54(63-44)67-52(58)59)36-3-9-40(10-4-36)71-20-16-69(17-21-71)24-28-79-32-30-77-26-1-2-46(73)49(74)50(75)51(76)62-15-27-78-31-33-80-29-25-70-18-22-72(23-19-70)41-11-5-37(6-12-41)48-43-35-39(57)8-14-45(43)64-55(66-48)68-53(60)61/h3-14,34-35,49-50,74-75H,1-2,15-33H2,(H,62,76)(H4,58,59,63,65,67)(H4,60,61,64,66,68)/t49-,50+/m0/s1. The van der Waals surface area contributed by atoms with Crippen LogP contribution in [0.25, 0.3) is 44.3 Å². The lowest BCUT2D eigenvalue weighted by Crippen LogP contribution is -2.47. The number of amides is 1. The maximum Gasteiger partial charge on any atom is 0.253 e. The van der Waals surface area contributed by atoms with Gasteiger partial charge in [0.05, 0.1) is 68.7 Å². The average Bonchev–Trinajstić information content (AvgIpc) is 3.47. The number of halogens is 2. The third-order valence-corrected chi connectivity index (χ3v) is 14.0. The fraction of sp³-hybridized carbons (Fsp3) is 0.418. The van der Waals surface area contributed by atoms with Crippen LogP contribution in [0.2, 0.25) is 10.0 Å². The molecular weight excluding hydrogens is 1070 g/mol. The molecule has 2 fully saturated rings. The van der Waals surface area contributed by atoms with E-state index in [9.17, 15) is 19.8 Å². The summed E-state index contributed by atoms with van der Waals surface area (Å²) < 4.78 is 22.7. The van der Waals surface area contributed by atoms with Crippen molar-refractivity contribution in [1.82, 2.24) is 35.1 Å². The lowest BCUT2D eigenvalue weighted by atomic mass is 10.1. The number of aliphatic imine (C=N–C) groups is 2. The second kappa shape index (κ2) is 29.5. The zero-order valence-corrected chi connectivity index (χ0v) is 46.0. The van der Waals surface area contributed by atoms with Crippen LogP contribution in [0.1, 0.15) is 12.8 Å². The van der Waals surface area contributed by atoms with Crippen LogP contribution in [-0.2, 0) is 28.5 Å². The Hall–Kier alpha value is -6.90. The lowest BCUT2D eigenvalue weighted by Gasteiger charge is -2.36. The Morgan fingerprint density at radius 1 is 0.550 bits per heavy atom. The molecule has 11 N–H and O–H groups in total. The maximum absolute atomic E-state index is 12.5. The Bertz CT molecular complexity index is 2860. The van der Waals surface area contributed by atoms with Crippen LogP contribution in [0.3, 0.4) is 0 Å². The number of hydrogen-bond donors (Lipinski definition) is 7. The van der Waals surface area contributed by atoms with Gasteiger partial charge in [0.25, 0.3) is 17.8 Å². The van der Waals surface area contributed by atoms with Gasteiger partial charge in [0.2, 0.25) is 0 Å². The number of carbonyl (C=O) groups excluding carboxylic acids is 2. The van der Waals surface area contributed by atoms with E-state index in [1.54, 1.807) is 12.1 Å². The van der Waals surface area contributed by atoms with Gasteiger partial charge in [-0.3, -0.25) is 19.4 Å². The van der Waals surface area contributed by atoms with Crippen molar-refractivity contribution in [3.05, 3.63) is 95.0 Å². The molecular formula is C55H69Cl2N15O8. The number of ether oxygens (including phenoxy) is 4. The number of anilines is 2. The Labute approximate surface area is 473 Å². The zero-order valence-electron chi connectivity index (χ0n) is 44.5. The Kier molecular flexibility index (Phi) is 21.9. The van der Waals surface area contributed by atoms with Gasteiger partial charge < -0.3 is 67.2 Å². The molecule has 2 aliphatic heterocycles. The van der Waals surface area contributed by atoms with Gasteiger partial charge in [0, 0.05) is 128 Å². The molecule has 2 aromatic heterocycles. The van der Waals surface area contributed by atoms with Crippen molar-refractivity contribution < 1.29 is 38.7 Å². The number of aliphatic hydroxyl groups is 2. The number of nitrogens with one attached hydrogen (secondary N) is 1. The highest BCUT2D eigenvalue weighted by Crippen LogP contribution is 2.33. The van der Waals surface area contributed by atoms with Gasteiger partial charge in [-0.15, -0.1) is 0 Å². The van der Waals surface area contributed by atoms with Gasteiger partial charge in [0.15, 0.2) is 23.8 Å². The van der Waals surface area contributed by atoms with Crippen LogP contribution < -0.4 is 38.1 Å². The minimum Gasteiger partial charge on any atom is -0.382 e. The SMILES string of the molecule is NC(N)=Nc1nc(-c2ccc(N3CCN(CCOCCOCCCC(=O)[C@H](O)[C@@H](O)C(=O)NCCOCCOCCN4CCN(c5ccc(-c6nc(N=C(N)N)nc7ccc(Cl)cc67)cc5)CC4)CC3)cc2)c2cc(Cl)ccc2n1. The van der Waals surface area contributed by atoms with Crippen LogP contribution in [0.15, 0.2) is 94.9 Å². The minimum atomic E-state index is -1.90. The van der Waals surface area contributed by atoms with Crippen molar-refractivity contribution >= 4 is 91.9 Å². The number of piperazine rings is 2. The molecule has 6 aromatic rings. The minimum absolute atomic E-state index is 0.0564. The predicted octanol–water partition coefficient (Wildman–Crippen LogP) is 3.22. The summed E-state index contributed by atoms with van der Waals surface area (Å²) in [5.74, 6) is -1.40. The molecule has 0 spiro atoms. The zero-order chi connectivity index (χ0) is 56.4. The monoisotopic (exact) mass is 1140 g/mol. The van der Waals surface area contributed by atoms with E-state index in [2.05, 4.69) is 79.1 Å². The van der Waals surface area contributed by atoms with E-state index < -0.39 is 23.9 Å². The number of hydrogen-bond acceptors (Lipinski definition) is 18. The van der Waals surface area contributed by atoms with Gasteiger partial charge in [-0.1, -0.05) is 47.5 Å². The van der Waals surface area contributed by atoms with E-state index in [4.69, 9.17) is 65.1 Å². The number of rotatable bonds is 28. The molecule has 23 nitrogen and oxygen atoms in total. The van der Waals surface area contributed by atoms with Gasteiger partial charge in [-0.25, -0.2) is 19.9 Å². The number of fused-ring (bicyclic) bond motifs is 2. The molecule has 0 bridgehead atoms. The Balaban J connectivity index is 0.607. The Morgan fingerprint density at radius 2 is 0.975 bits per heavy atom. The summed E-state index contributed by atoms with van der Waals surface area (Å²) in [6, 6.07) is 27.2.